The molecule has 0 aliphatic rings. The molecule has 0 bridgehead atoms. The molecule has 0 aromatic heterocycles. The van der Waals surface area contributed by atoms with Gasteiger partial charge in [-0.1, -0.05) is 30.3 Å². The number of rotatable bonds is 8. The summed E-state index contributed by atoms with van der Waals surface area (Å²) in [5.41, 5.74) is 1.02. The smallest absolute Gasteiger partial charge is 0.239 e. The summed E-state index contributed by atoms with van der Waals surface area (Å²) in [5, 5.41) is 5.15. The molecule has 132 valence electrons. The number of amides is 2. The van der Waals surface area contributed by atoms with Crippen molar-refractivity contribution in [1.82, 2.24) is 10.6 Å². The van der Waals surface area contributed by atoms with E-state index in [0.717, 1.165) is 16.2 Å². The second-order valence-corrected chi connectivity index (χ2v) is 6.83. The molecule has 2 rings (SSSR count). The number of thioether (sulfide) groups is 1. The fourth-order valence-electron chi connectivity index (χ4n) is 2.08. The van der Waals surface area contributed by atoms with Crippen LogP contribution < -0.4 is 15.4 Å². The second-order valence-electron chi connectivity index (χ2n) is 5.42. The van der Waals surface area contributed by atoms with Gasteiger partial charge in [0, 0.05) is 11.4 Å². The topological polar surface area (TPSA) is 67.4 Å². The Labute approximate surface area is 152 Å². The van der Waals surface area contributed by atoms with E-state index in [-0.39, 0.29) is 23.6 Å². The lowest BCUT2D eigenvalue weighted by molar-refractivity contribution is -0.125. The molecule has 2 aromatic carbocycles. The molecular formula is C19H22N2O3S. The fourth-order valence-corrected chi connectivity index (χ4v) is 2.97. The van der Waals surface area contributed by atoms with E-state index < -0.39 is 0 Å². The van der Waals surface area contributed by atoms with Gasteiger partial charge in [0.2, 0.25) is 11.8 Å². The van der Waals surface area contributed by atoms with Crippen LogP contribution in [0.2, 0.25) is 0 Å². The van der Waals surface area contributed by atoms with E-state index in [2.05, 4.69) is 10.6 Å². The molecule has 6 heteroatoms. The molecule has 1 atom stereocenters. The van der Waals surface area contributed by atoms with Gasteiger partial charge in [0.15, 0.2) is 0 Å². The Morgan fingerprint density at radius 2 is 1.72 bits per heavy atom. The molecule has 0 saturated heterocycles. The van der Waals surface area contributed by atoms with Crippen LogP contribution in [0.25, 0.3) is 0 Å². The van der Waals surface area contributed by atoms with Gasteiger partial charge in [0.25, 0.3) is 0 Å². The molecule has 0 aliphatic carbocycles. The van der Waals surface area contributed by atoms with Crippen molar-refractivity contribution in [1.29, 1.82) is 0 Å². The minimum atomic E-state index is -0.296. The minimum Gasteiger partial charge on any atom is -0.497 e. The summed E-state index contributed by atoms with van der Waals surface area (Å²) in [7, 11) is 1.61. The van der Waals surface area contributed by atoms with Crippen LogP contribution in [0.15, 0.2) is 59.5 Å². The first-order valence-electron chi connectivity index (χ1n) is 7.97. The predicted octanol–water partition coefficient (Wildman–Crippen LogP) is 2.61. The third-order valence-electron chi connectivity index (χ3n) is 3.50. The molecule has 0 spiro atoms. The maximum Gasteiger partial charge on any atom is 0.239 e. The normalized spacial score (nSPS) is 11.4. The number of hydrogen-bond acceptors (Lipinski definition) is 4. The lowest BCUT2D eigenvalue weighted by Gasteiger charge is -2.12. The molecule has 25 heavy (non-hydrogen) atoms. The standard InChI is InChI=1S/C19H22N2O3S/c1-14(25-17-10-8-16(24-2)9-11-17)19(23)21-13-18(22)20-12-15-6-4-3-5-7-15/h3-11,14H,12-13H2,1-2H3,(H,20,22)(H,21,23)/t14-/m0/s1. The van der Waals surface area contributed by atoms with Gasteiger partial charge in [-0.05, 0) is 36.8 Å². The molecule has 0 unspecified atom stereocenters. The van der Waals surface area contributed by atoms with Crippen LogP contribution in [-0.2, 0) is 16.1 Å². The van der Waals surface area contributed by atoms with E-state index >= 15 is 0 Å². The molecule has 0 radical (unpaired) electrons. The SMILES string of the molecule is COc1ccc(S[C@@H](C)C(=O)NCC(=O)NCc2ccccc2)cc1. The highest BCUT2D eigenvalue weighted by Gasteiger charge is 2.15. The summed E-state index contributed by atoms with van der Waals surface area (Å²) in [6.07, 6.45) is 0. The van der Waals surface area contributed by atoms with Crippen LogP contribution in [0.3, 0.4) is 0 Å². The van der Waals surface area contributed by atoms with Crippen molar-refractivity contribution in [3.8, 4) is 5.75 Å². The first-order valence-corrected chi connectivity index (χ1v) is 8.85. The van der Waals surface area contributed by atoms with Crippen LogP contribution in [0.4, 0.5) is 0 Å². The number of methoxy groups -OCH3 is 1. The molecule has 2 aromatic rings. The Bertz CT molecular complexity index is 690. The van der Waals surface area contributed by atoms with Crippen molar-refractivity contribution in [2.45, 2.75) is 23.6 Å². The molecule has 2 N–H and O–H groups in total. The molecule has 0 fully saturated rings. The highest BCUT2D eigenvalue weighted by atomic mass is 32.2. The third-order valence-corrected chi connectivity index (χ3v) is 4.61. The number of benzene rings is 2. The van der Waals surface area contributed by atoms with E-state index in [9.17, 15) is 9.59 Å². The van der Waals surface area contributed by atoms with Crippen molar-refractivity contribution in [2.24, 2.45) is 0 Å². The third kappa shape index (κ3) is 6.51. The van der Waals surface area contributed by atoms with Crippen molar-refractivity contribution in [3.05, 3.63) is 60.2 Å². The highest BCUT2D eigenvalue weighted by molar-refractivity contribution is 8.00. The molecule has 2 amide bonds. The van der Waals surface area contributed by atoms with Gasteiger partial charge in [0.1, 0.15) is 5.75 Å². The van der Waals surface area contributed by atoms with Crippen LogP contribution in [0.5, 0.6) is 5.75 Å². The van der Waals surface area contributed by atoms with E-state index in [1.165, 1.54) is 11.8 Å². The van der Waals surface area contributed by atoms with Gasteiger partial charge < -0.3 is 15.4 Å². The largest absolute Gasteiger partial charge is 0.497 e. The highest BCUT2D eigenvalue weighted by Crippen LogP contribution is 2.25. The number of hydrogen-bond donors (Lipinski definition) is 2. The van der Waals surface area contributed by atoms with Gasteiger partial charge in [-0.2, -0.15) is 0 Å². The monoisotopic (exact) mass is 358 g/mol. The minimum absolute atomic E-state index is 0.0286. The number of carbonyl (C=O) groups is 2. The lowest BCUT2D eigenvalue weighted by Crippen LogP contribution is -2.39. The Morgan fingerprint density at radius 3 is 2.36 bits per heavy atom. The van der Waals surface area contributed by atoms with Gasteiger partial charge in [0.05, 0.1) is 18.9 Å². The Hall–Kier alpha value is -2.47. The predicted molar refractivity (Wildman–Crippen MR) is 99.6 cm³/mol. The van der Waals surface area contributed by atoms with Gasteiger partial charge >= 0.3 is 0 Å². The molecular weight excluding hydrogens is 336 g/mol. The zero-order valence-corrected chi connectivity index (χ0v) is 15.1. The van der Waals surface area contributed by atoms with E-state index in [4.69, 9.17) is 4.74 Å². The second kappa shape index (κ2) is 9.74. The summed E-state index contributed by atoms with van der Waals surface area (Å²) in [4.78, 5) is 24.9. The number of carbonyl (C=O) groups excluding carboxylic acids is 2. The molecule has 5 nitrogen and oxygen atoms in total. The van der Waals surface area contributed by atoms with Gasteiger partial charge in [-0.25, -0.2) is 0 Å². The summed E-state index contributed by atoms with van der Waals surface area (Å²) in [6.45, 7) is 2.23. The van der Waals surface area contributed by atoms with Crippen LogP contribution in [0.1, 0.15) is 12.5 Å². The first-order chi connectivity index (χ1) is 12.1. The zero-order valence-electron chi connectivity index (χ0n) is 14.3. The van der Waals surface area contributed by atoms with Gasteiger partial charge in [-0.3, -0.25) is 9.59 Å². The Morgan fingerprint density at radius 1 is 1.04 bits per heavy atom. The van der Waals surface area contributed by atoms with Crippen molar-refractivity contribution < 1.29 is 14.3 Å². The maximum absolute atomic E-state index is 12.1. The van der Waals surface area contributed by atoms with Gasteiger partial charge in [-0.15, -0.1) is 11.8 Å². The summed E-state index contributed by atoms with van der Waals surface area (Å²) in [5.74, 6) is 0.395. The maximum atomic E-state index is 12.1. The molecule has 0 aliphatic heterocycles. The molecule has 0 saturated carbocycles. The quantitative estimate of drug-likeness (QED) is 0.712. The van der Waals surface area contributed by atoms with E-state index in [0.29, 0.717) is 6.54 Å². The summed E-state index contributed by atoms with van der Waals surface area (Å²) < 4.78 is 5.11. The zero-order chi connectivity index (χ0) is 18.1. The van der Waals surface area contributed by atoms with E-state index in [1.54, 1.807) is 7.11 Å². The molecule has 0 heterocycles. The van der Waals surface area contributed by atoms with Crippen molar-refractivity contribution in [3.63, 3.8) is 0 Å². The van der Waals surface area contributed by atoms with Crippen LogP contribution in [-0.4, -0.2) is 30.7 Å². The summed E-state index contributed by atoms with van der Waals surface area (Å²) in [6, 6.07) is 17.1. The van der Waals surface area contributed by atoms with Crippen LogP contribution in [0, 0.1) is 0 Å². The summed E-state index contributed by atoms with van der Waals surface area (Å²) >= 11 is 1.43. The number of ether oxygens (including phenoxy) is 1. The fraction of sp³-hybridized carbons (Fsp3) is 0.263. The number of nitrogens with one attached hydrogen (secondary N) is 2. The van der Waals surface area contributed by atoms with Crippen LogP contribution >= 0.6 is 11.8 Å². The first kappa shape index (κ1) is 18.9. The average molecular weight is 358 g/mol. The van der Waals surface area contributed by atoms with Crippen molar-refractivity contribution in [2.75, 3.05) is 13.7 Å². The van der Waals surface area contributed by atoms with Crippen molar-refractivity contribution >= 4 is 23.6 Å². The Balaban J connectivity index is 1.71. The lowest BCUT2D eigenvalue weighted by atomic mass is 10.2. The van der Waals surface area contributed by atoms with E-state index in [1.807, 2.05) is 61.5 Å². The average Bonchev–Trinajstić information content (AvgIpc) is 2.65. The Kier molecular flexibility index (Phi) is 7.35.